The minimum Gasteiger partial charge on any atom is -0.202 e. The molecule has 2 aromatic heterocycles. The first-order chi connectivity index (χ1) is 4.47. The monoisotopic (exact) mass is 119 g/mol. The summed E-state index contributed by atoms with van der Waals surface area (Å²) in [6.45, 7) is 0. The highest BCUT2D eigenvalue weighted by atomic mass is 15.4. The van der Waals surface area contributed by atoms with Gasteiger partial charge in [-0.15, -0.1) is 9.73 Å². The molecular formula is C5H3N4. The zero-order valence-corrected chi connectivity index (χ0v) is 4.52. The molecule has 43 valence electrons. The molecule has 0 saturated carbocycles. The predicted molar refractivity (Wildman–Crippen MR) is 29.6 cm³/mol. The first kappa shape index (κ1) is 4.43. The van der Waals surface area contributed by atoms with Crippen LogP contribution in [0.15, 0.2) is 18.3 Å². The smallest absolute Gasteiger partial charge is 0.202 e. The maximum Gasteiger partial charge on any atom is 0.223 e. The Hall–Kier alpha value is -1.45. The van der Waals surface area contributed by atoms with Crippen molar-refractivity contribution in [2.75, 3.05) is 0 Å². The SMILES string of the molecule is [c]1nc2cccnn2n1. The van der Waals surface area contributed by atoms with Crippen molar-refractivity contribution >= 4 is 5.65 Å². The minimum atomic E-state index is 0.720. The van der Waals surface area contributed by atoms with Crippen LogP contribution < -0.4 is 0 Å². The Bertz CT molecular complexity index is 283. The van der Waals surface area contributed by atoms with Gasteiger partial charge in [0.25, 0.3) is 0 Å². The van der Waals surface area contributed by atoms with Crippen LogP contribution in [0, 0.1) is 6.33 Å². The molecule has 0 unspecified atom stereocenters. The summed E-state index contributed by atoms with van der Waals surface area (Å²) < 4.78 is 1.42. The molecule has 0 saturated heterocycles. The lowest BCUT2D eigenvalue weighted by atomic mass is 10.6. The quantitative estimate of drug-likeness (QED) is 0.487. The molecule has 0 spiro atoms. The standard InChI is InChI=1S/C5H3N4/c1-2-5-6-4-8-9(5)7-3-1/h1-3H. The van der Waals surface area contributed by atoms with Crippen LogP contribution in [0.5, 0.6) is 0 Å². The zero-order chi connectivity index (χ0) is 6.10. The van der Waals surface area contributed by atoms with E-state index in [1.165, 1.54) is 4.63 Å². The first-order valence-corrected chi connectivity index (χ1v) is 2.51. The van der Waals surface area contributed by atoms with Crippen LogP contribution in [0.3, 0.4) is 0 Å². The topological polar surface area (TPSA) is 43.1 Å². The number of aromatic nitrogens is 4. The Kier molecular flexibility index (Phi) is 0.745. The highest BCUT2D eigenvalue weighted by molar-refractivity contribution is 5.31. The van der Waals surface area contributed by atoms with E-state index in [1.54, 1.807) is 12.3 Å². The molecule has 2 heterocycles. The van der Waals surface area contributed by atoms with Crippen molar-refractivity contribution < 1.29 is 0 Å². The Labute approximate surface area is 51.1 Å². The Balaban J connectivity index is 2.95. The van der Waals surface area contributed by atoms with Crippen molar-refractivity contribution in [1.82, 2.24) is 19.8 Å². The van der Waals surface area contributed by atoms with E-state index >= 15 is 0 Å². The molecule has 4 heteroatoms. The van der Waals surface area contributed by atoms with Gasteiger partial charge in [-0.05, 0) is 12.1 Å². The lowest BCUT2D eigenvalue weighted by Crippen LogP contribution is -1.89. The number of fused-ring (bicyclic) bond motifs is 1. The van der Waals surface area contributed by atoms with Crippen molar-refractivity contribution in [3.05, 3.63) is 24.7 Å². The third-order valence-electron chi connectivity index (χ3n) is 1.02. The molecule has 0 aliphatic carbocycles. The summed E-state index contributed by atoms with van der Waals surface area (Å²) >= 11 is 0. The molecule has 2 rings (SSSR count). The van der Waals surface area contributed by atoms with Crippen molar-refractivity contribution in [2.45, 2.75) is 0 Å². The number of hydrogen-bond acceptors (Lipinski definition) is 3. The van der Waals surface area contributed by atoms with Gasteiger partial charge >= 0.3 is 0 Å². The molecule has 0 aromatic carbocycles. The summed E-state index contributed by atoms with van der Waals surface area (Å²) in [6, 6.07) is 3.62. The van der Waals surface area contributed by atoms with Crippen LogP contribution in [-0.4, -0.2) is 19.8 Å². The second-order valence-electron chi connectivity index (χ2n) is 1.58. The van der Waals surface area contributed by atoms with Crippen LogP contribution in [-0.2, 0) is 0 Å². The van der Waals surface area contributed by atoms with Crippen molar-refractivity contribution in [3.63, 3.8) is 0 Å². The minimum absolute atomic E-state index is 0.720. The zero-order valence-electron chi connectivity index (χ0n) is 4.52. The molecule has 0 bridgehead atoms. The lowest BCUT2D eigenvalue weighted by Gasteiger charge is -1.83. The molecule has 0 aliphatic heterocycles. The lowest BCUT2D eigenvalue weighted by molar-refractivity contribution is 0.797. The first-order valence-electron chi connectivity index (χ1n) is 2.51. The van der Waals surface area contributed by atoms with Gasteiger partial charge in [0.2, 0.25) is 6.33 Å². The van der Waals surface area contributed by atoms with Gasteiger partial charge in [-0.3, -0.25) is 0 Å². The van der Waals surface area contributed by atoms with Crippen molar-refractivity contribution in [1.29, 1.82) is 0 Å². The third kappa shape index (κ3) is 0.561. The van der Waals surface area contributed by atoms with E-state index in [0.717, 1.165) is 5.65 Å². The highest BCUT2D eigenvalue weighted by Crippen LogP contribution is 1.89. The van der Waals surface area contributed by atoms with Gasteiger partial charge in [-0.2, -0.15) is 5.10 Å². The van der Waals surface area contributed by atoms with Crippen molar-refractivity contribution in [3.8, 4) is 0 Å². The molecule has 0 aliphatic rings. The second-order valence-corrected chi connectivity index (χ2v) is 1.58. The van der Waals surface area contributed by atoms with E-state index < -0.39 is 0 Å². The molecule has 9 heavy (non-hydrogen) atoms. The van der Waals surface area contributed by atoms with Gasteiger partial charge in [0.15, 0.2) is 5.65 Å². The van der Waals surface area contributed by atoms with Gasteiger partial charge in [0, 0.05) is 6.20 Å². The van der Waals surface area contributed by atoms with E-state index in [4.69, 9.17) is 0 Å². The fraction of sp³-hybridized carbons (Fsp3) is 0. The second kappa shape index (κ2) is 1.51. The molecule has 0 amide bonds. The van der Waals surface area contributed by atoms with E-state index in [1.807, 2.05) is 6.07 Å². The van der Waals surface area contributed by atoms with E-state index in [0.29, 0.717) is 0 Å². The molecule has 2 aromatic rings. The van der Waals surface area contributed by atoms with Gasteiger partial charge in [0.05, 0.1) is 0 Å². The predicted octanol–water partition coefficient (Wildman–Crippen LogP) is -0.0755. The fourth-order valence-corrected chi connectivity index (χ4v) is 0.632. The van der Waals surface area contributed by atoms with Crippen molar-refractivity contribution in [2.24, 2.45) is 0 Å². The largest absolute Gasteiger partial charge is 0.223 e. The maximum atomic E-state index is 3.85. The highest BCUT2D eigenvalue weighted by Gasteiger charge is 1.89. The molecule has 0 fully saturated rings. The van der Waals surface area contributed by atoms with Crippen LogP contribution in [0.1, 0.15) is 0 Å². The Morgan fingerprint density at radius 2 is 2.56 bits per heavy atom. The van der Waals surface area contributed by atoms with Gasteiger partial charge in [0.1, 0.15) is 0 Å². The van der Waals surface area contributed by atoms with Crippen LogP contribution in [0.2, 0.25) is 0 Å². The summed E-state index contributed by atoms with van der Waals surface area (Å²) in [5, 5.41) is 7.54. The fourth-order valence-electron chi connectivity index (χ4n) is 0.632. The number of hydrogen-bond donors (Lipinski definition) is 0. The molecule has 4 nitrogen and oxygen atoms in total. The van der Waals surface area contributed by atoms with E-state index in [2.05, 4.69) is 21.5 Å². The van der Waals surface area contributed by atoms with Gasteiger partial charge in [-0.25, -0.2) is 4.98 Å². The summed E-state index contributed by atoms with van der Waals surface area (Å²) in [6.07, 6.45) is 4.09. The summed E-state index contributed by atoms with van der Waals surface area (Å²) in [5.74, 6) is 0. The van der Waals surface area contributed by atoms with Gasteiger partial charge in [-0.1, -0.05) is 0 Å². The van der Waals surface area contributed by atoms with E-state index in [-0.39, 0.29) is 0 Å². The maximum absolute atomic E-state index is 3.85. The average molecular weight is 119 g/mol. The molecule has 0 N–H and O–H groups in total. The van der Waals surface area contributed by atoms with Gasteiger partial charge < -0.3 is 0 Å². The van der Waals surface area contributed by atoms with Crippen LogP contribution in [0.4, 0.5) is 0 Å². The van der Waals surface area contributed by atoms with E-state index in [9.17, 15) is 0 Å². The third-order valence-corrected chi connectivity index (χ3v) is 1.02. The van der Waals surface area contributed by atoms with Crippen LogP contribution in [0.25, 0.3) is 5.65 Å². The summed E-state index contributed by atoms with van der Waals surface area (Å²) in [4.78, 5) is 3.78. The number of nitrogens with zero attached hydrogens (tertiary/aromatic N) is 4. The molecule has 0 atom stereocenters. The van der Waals surface area contributed by atoms with Crippen LogP contribution >= 0.6 is 0 Å². The number of rotatable bonds is 0. The summed E-state index contributed by atoms with van der Waals surface area (Å²) in [7, 11) is 0. The molecular weight excluding hydrogens is 116 g/mol. The summed E-state index contributed by atoms with van der Waals surface area (Å²) in [5.41, 5.74) is 0.720. The normalized spacial score (nSPS) is 10.2. The molecule has 1 radical (unpaired) electrons. The Morgan fingerprint density at radius 1 is 1.56 bits per heavy atom. The average Bonchev–Trinajstić information content (AvgIpc) is 2.33. The Morgan fingerprint density at radius 3 is 3.44 bits per heavy atom.